The molecule has 8 heteroatoms. The lowest BCUT2D eigenvalue weighted by atomic mass is 10.0. The van der Waals surface area contributed by atoms with Gasteiger partial charge in [-0.2, -0.15) is 5.10 Å². The molecule has 0 saturated carbocycles. The molecule has 0 aliphatic carbocycles. The fourth-order valence-corrected chi connectivity index (χ4v) is 3.28. The first kappa shape index (κ1) is 22.3. The monoisotopic (exact) mass is 400 g/mol. The van der Waals surface area contributed by atoms with Crippen molar-refractivity contribution in [3.63, 3.8) is 0 Å². The van der Waals surface area contributed by atoms with Crippen molar-refractivity contribution >= 4 is 30.7 Å². The molecule has 0 bridgehead atoms. The zero-order valence-corrected chi connectivity index (χ0v) is 16.9. The number of halogens is 2. The molecule has 1 fully saturated rings. The molecule has 1 N–H and O–H groups in total. The van der Waals surface area contributed by atoms with E-state index in [9.17, 15) is 4.79 Å². The molecule has 1 unspecified atom stereocenters. The molecule has 0 spiro atoms. The molecule has 1 aliphatic rings. The summed E-state index contributed by atoms with van der Waals surface area (Å²) in [4.78, 5) is 14.8. The second-order valence-electron chi connectivity index (χ2n) is 6.13. The summed E-state index contributed by atoms with van der Waals surface area (Å²) in [5, 5.41) is 7.78. The Hall–Kier alpha value is -1.76. The lowest BCUT2D eigenvalue weighted by Gasteiger charge is -2.37. The number of hydrogen-bond acceptors (Lipinski definition) is 4. The Morgan fingerprint density at radius 3 is 2.69 bits per heavy atom. The van der Waals surface area contributed by atoms with E-state index in [1.54, 1.807) is 11.8 Å². The molecule has 0 radical (unpaired) electrons. The van der Waals surface area contributed by atoms with Crippen LogP contribution in [0, 0.1) is 13.8 Å². The van der Waals surface area contributed by atoms with Gasteiger partial charge in [-0.25, -0.2) is 0 Å². The molecule has 6 nitrogen and oxygen atoms in total. The van der Waals surface area contributed by atoms with Gasteiger partial charge in [-0.1, -0.05) is 18.2 Å². The number of methoxy groups -OCH3 is 1. The number of nitrogens with zero attached hydrogens (tertiary/aromatic N) is 3. The molecule has 1 aromatic carbocycles. The highest BCUT2D eigenvalue weighted by Crippen LogP contribution is 2.30. The summed E-state index contributed by atoms with van der Waals surface area (Å²) < 4.78 is 7.26. The van der Waals surface area contributed by atoms with Gasteiger partial charge in [-0.05, 0) is 26.0 Å². The third-order valence-electron chi connectivity index (χ3n) is 4.45. The minimum absolute atomic E-state index is 0. The summed E-state index contributed by atoms with van der Waals surface area (Å²) in [7, 11) is 1.66. The van der Waals surface area contributed by atoms with E-state index in [1.165, 1.54) is 0 Å². The van der Waals surface area contributed by atoms with E-state index >= 15 is 0 Å². The van der Waals surface area contributed by atoms with Crippen molar-refractivity contribution < 1.29 is 9.53 Å². The number of para-hydroxylation sites is 1. The first-order valence-electron chi connectivity index (χ1n) is 8.24. The van der Waals surface area contributed by atoms with E-state index in [1.807, 2.05) is 49.1 Å². The van der Waals surface area contributed by atoms with E-state index in [4.69, 9.17) is 4.74 Å². The number of amides is 1. The predicted molar refractivity (Wildman–Crippen MR) is 107 cm³/mol. The van der Waals surface area contributed by atoms with Gasteiger partial charge in [0.15, 0.2) is 0 Å². The number of rotatable bonds is 4. The Morgan fingerprint density at radius 2 is 2.04 bits per heavy atom. The normalized spacial score (nSPS) is 16.4. The van der Waals surface area contributed by atoms with Gasteiger partial charge >= 0.3 is 0 Å². The van der Waals surface area contributed by atoms with Gasteiger partial charge in [0.1, 0.15) is 12.3 Å². The van der Waals surface area contributed by atoms with Gasteiger partial charge in [-0.15, -0.1) is 24.8 Å². The maximum absolute atomic E-state index is 12.9. The zero-order valence-electron chi connectivity index (χ0n) is 15.3. The van der Waals surface area contributed by atoms with Crippen LogP contribution >= 0.6 is 24.8 Å². The number of carbonyl (C=O) groups excluding carboxylic acids is 1. The van der Waals surface area contributed by atoms with Crippen LogP contribution in [0.15, 0.2) is 30.3 Å². The van der Waals surface area contributed by atoms with Crippen molar-refractivity contribution in [1.82, 2.24) is 20.0 Å². The number of ether oxygens (including phenoxy) is 1. The minimum atomic E-state index is -0.0284. The van der Waals surface area contributed by atoms with Crippen molar-refractivity contribution in [2.45, 2.75) is 26.4 Å². The van der Waals surface area contributed by atoms with Crippen molar-refractivity contribution in [3.8, 4) is 5.75 Å². The summed E-state index contributed by atoms with van der Waals surface area (Å²) in [6.07, 6.45) is 0. The molecule has 1 aromatic heterocycles. The highest BCUT2D eigenvalue weighted by Gasteiger charge is 2.30. The van der Waals surface area contributed by atoms with Crippen molar-refractivity contribution in [2.24, 2.45) is 0 Å². The quantitative estimate of drug-likeness (QED) is 0.856. The van der Waals surface area contributed by atoms with Gasteiger partial charge in [0.2, 0.25) is 5.91 Å². The lowest BCUT2D eigenvalue weighted by Crippen LogP contribution is -2.49. The van der Waals surface area contributed by atoms with Crippen molar-refractivity contribution in [1.29, 1.82) is 0 Å². The van der Waals surface area contributed by atoms with E-state index in [0.29, 0.717) is 6.54 Å². The molecule has 144 valence electrons. The zero-order chi connectivity index (χ0) is 17.1. The molecular formula is C18H26Cl2N4O2. The summed E-state index contributed by atoms with van der Waals surface area (Å²) in [6, 6.07) is 9.85. The fourth-order valence-electron chi connectivity index (χ4n) is 3.28. The van der Waals surface area contributed by atoms with Gasteiger partial charge in [0, 0.05) is 30.9 Å². The molecule has 1 amide bonds. The number of aromatic nitrogens is 2. The van der Waals surface area contributed by atoms with Crippen LogP contribution in [0.5, 0.6) is 5.75 Å². The Kier molecular flexibility index (Phi) is 8.40. The number of aryl methyl sites for hydroxylation is 2. The van der Waals surface area contributed by atoms with Gasteiger partial charge < -0.3 is 15.0 Å². The van der Waals surface area contributed by atoms with Crippen LogP contribution in [0.2, 0.25) is 0 Å². The molecule has 3 rings (SSSR count). The Morgan fingerprint density at radius 1 is 1.31 bits per heavy atom. The first-order valence-corrected chi connectivity index (χ1v) is 8.24. The highest BCUT2D eigenvalue weighted by molar-refractivity contribution is 5.85. The number of benzene rings is 1. The van der Waals surface area contributed by atoms with Gasteiger partial charge in [0.25, 0.3) is 0 Å². The van der Waals surface area contributed by atoms with Crippen LogP contribution in [0.3, 0.4) is 0 Å². The Balaban J connectivity index is 0.00000169. The SMILES string of the molecule is COc1ccccc1C1CNCCN1C(=O)Cn1nc(C)cc1C.Cl.Cl. The molecular weight excluding hydrogens is 375 g/mol. The average molecular weight is 401 g/mol. The van der Waals surface area contributed by atoms with Crippen LogP contribution in [0.4, 0.5) is 0 Å². The third kappa shape index (κ3) is 4.69. The second-order valence-corrected chi connectivity index (χ2v) is 6.13. The number of piperazine rings is 1. The van der Waals surface area contributed by atoms with Crippen molar-refractivity contribution in [3.05, 3.63) is 47.3 Å². The van der Waals surface area contributed by atoms with Crippen LogP contribution in [-0.2, 0) is 11.3 Å². The maximum Gasteiger partial charge on any atom is 0.244 e. The van der Waals surface area contributed by atoms with Gasteiger partial charge in [0.05, 0.1) is 18.8 Å². The van der Waals surface area contributed by atoms with E-state index in [-0.39, 0.29) is 43.3 Å². The summed E-state index contributed by atoms with van der Waals surface area (Å²) in [5.74, 6) is 0.897. The van der Waals surface area contributed by atoms with E-state index in [2.05, 4.69) is 10.4 Å². The molecule has 1 atom stereocenters. The number of carbonyl (C=O) groups is 1. The fraction of sp³-hybridized carbons (Fsp3) is 0.444. The van der Waals surface area contributed by atoms with Gasteiger partial charge in [-0.3, -0.25) is 9.48 Å². The second kappa shape index (κ2) is 9.80. The third-order valence-corrected chi connectivity index (χ3v) is 4.45. The summed E-state index contributed by atoms with van der Waals surface area (Å²) >= 11 is 0. The Bertz CT molecular complexity index is 736. The Labute approximate surface area is 166 Å². The smallest absolute Gasteiger partial charge is 0.244 e. The molecule has 1 saturated heterocycles. The van der Waals surface area contributed by atoms with Crippen LogP contribution < -0.4 is 10.1 Å². The number of nitrogens with one attached hydrogen (secondary N) is 1. The molecule has 1 aliphatic heterocycles. The lowest BCUT2D eigenvalue weighted by molar-refractivity contribution is -0.135. The van der Waals surface area contributed by atoms with E-state index in [0.717, 1.165) is 35.8 Å². The van der Waals surface area contributed by atoms with E-state index < -0.39 is 0 Å². The highest BCUT2D eigenvalue weighted by atomic mass is 35.5. The predicted octanol–water partition coefficient (Wildman–Crippen LogP) is 2.53. The summed E-state index contributed by atoms with van der Waals surface area (Å²) in [5.41, 5.74) is 2.97. The maximum atomic E-state index is 12.9. The van der Waals surface area contributed by atoms with Crippen LogP contribution in [0.25, 0.3) is 0 Å². The molecule has 2 heterocycles. The van der Waals surface area contributed by atoms with Crippen molar-refractivity contribution in [2.75, 3.05) is 26.7 Å². The topological polar surface area (TPSA) is 59.4 Å². The minimum Gasteiger partial charge on any atom is -0.496 e. The van der Waals surface area contributed by atoms with Crippen LogP contribution in [-0.4, -0.2) is 47.3 Å². The molecule has 26 heavy (non-hydrogen) atoms. The molecule has 2 aromatic rings. The average Bonchev–Trinajstić information content (AvgIpc) is 2.92. The summed E-state index contributed by atoms with van der Waals surface area (Å²) in [6.45, 7) is 6.39. The standard InChI is InChI=1S/C18H24N4O2.2ClH/c1-13-10-14(2)22(20-13)12-18(23)21-9-8-19-11-16(21)15-6-4-5-7-17(15)24-3;;/h4-7,10,16,19H,8-9,11-12H2,1-3H3;2*1H. The van der Waals surface area contributed by atoms with Crippen LogP contribution in [0.1, 0.15) is 23.0 Å². The largest absolute Gasteiger partial charge is 0.496 e. The number of hydrogen-bond donors (Lipinski definition) is 1. The first-order chi connectivity index (χ1) is 11.6.